The van der Waals surface area contributed by atoms with Crippen LogP contribution in [0.25, 0.3) is 11.6 Å². The summed E-state index contributed by atoms with van der Waals surface area (Å²) in [6.07, 6.45) is 3.48. The number of halogens is 2. The van der Waals surface area contributed by atoms with Crippen molar-refractivity contribution in [2.75, 3.05) is 16.8 Å². The molecule has 2 aromatic rings. The van der Waals surface area contributed by atoms with Crippen molar-refractivity contribution in [3.63, 3.8) is 0 Å². The number of urea groups is 1. The number of carbonyl (C=O) groups is 3. The third-order valence-electron chi connectivity index (χ3n) is 5.80. The van der Waals surface area contributed by atoms with Crippen LogP contribution < -0.4 is 15.1 Å². The van der Waals surface area contributed by atoms with Crippen molar-refractivity contribution >= 4 is 52.5 Å². The summed E-state index contributed by atoms with van der Waals surface area (Å²) in [6.45, 7) is 6.17. The lowest BCUT2D eigenvalue weighted by atomic mass is 9.88. The number of anilines is 2. The van der Waals surface area contributed by atoms with E-state index in [1.807, 2.05) is 20.0 Å². The number of barbiturate groups is 1. The number of nitrogens with one attached hydrogen (secondary N) is 1. The fourth-order valence-corrected chi connectivity index (χ4v) is 4.17. The summed E-state index contributed by atoms with van der Waals surface area (Å²) < 4.78 is 13.7. The number of hydrogen-bond donors (Lipinski definition) is 1. The quantitative estimate of drug-likeness (QED) is 0.525. The summed E-state index contributed by atoms with van der Waals surface area (Å²) in [7, 11) is 1.97. The highest BCUT2D eigenvalue weighted by Crippen LogP contribution is 2.41. The van der Waals surface area contributed by atoms with Crippen LogP contribution in [0.15, 0.2) is 48.0 Å². The third-order valence-corrected chi connectivity index (χ3v) is 6.13. The highest BCUT2D eigenvalue weighted by molar-refractivity contribution is 6.40. The summed E-state index contributed by atoms with van der Waals surface area (Å²) in [5.74, 6) is -2.31. The van der Waals surface area contributed by atoms with Gasteiger partial charge in [-0.25, -0.2) is 14.1 Å². The second-order valence-electron chi connectivity index (χ2n) is 8.37. The van der Waals surface area contributed by atoms with E-state index in [0.717, 1.165) is 27.8 Å². The molecule has 32 heavy (non-hydrogen) atoms. The lowest BCUT2D eigenvalue weighted by Crippen LogP contribution is -2.54. The van der Waals surface area contributed by atoms with Gasteiger partial charge >= 0.3 is 6.03 Å². The van der Waals surface area contributed by atoms with Crippen LogP contribution in [0, 0.1) is 5.82 Å². The minimum Gasteiger partial charge on any atom is -0.365 e. The summed E-state index contributed by atoms with van der Waals surface area (Å²) in [6, 6.07) is 7.68. The van der Waals surface area contributed by atoms with Crippen LogP contribution in [0.1, 0.15) is 31.9 Å². The SMILES string of the molecule is CC1=CC(C)(C)N(C)c2cc(Cl)c(/C=C3\C(=O)NC(=O)N(c4cccc(F)c4)C3=O)cc21. The molecule has 0 bridgehead atoms. The molecule has 4 rings (SSSR count). The molecular formula is C24H21ClFN3O3. The van der Waals surface area contributed by atoms with Crippen molar-refractivity contribution < 1.29 is 18.8 Å². The largest absolute Gasteiger partial charge is 0.365 e. The van der Waals surface area contributed by atoms with Crippen molar-refractivity contribution in [2.24, 2.45) is 0 Å². The molecule has 6 nitrogen and oxygen atoms in total. The first-order chi connectivity index (χ1) is 15.0. The second-order valence-corrected chi connectivity index (χ2v) is 8.78. The molecule has 0 radical (unpaired) electrons. The molecular weight excluding hydrogens is 433 g/mol. The molecule has 1 fully saturated rings. The van der Waals surface area contributed by atoms with Gasteiger partial charge in [-0.15, -0.1) is 0 Å². The van der Waals surface area contributed by atoms with Crippen LogP contribution >= 0.6 is 11.6 Å². The molecule has 1 N–H and O–H groups in total. The maximum Gasteiger partial charge on any atom is 0.335 e. The van der Waals surface area contributed by atoms with E-state index in [0.29, 0.717) is 10.6 Å². The van der Waals surface area contributed by atoms with Crippen molar-refractivity contribution in [3.05, 3.63) is 70.0 Å². The predicted molar refractivity (Wildman–Crippen MR) is 123 cm³/mol. The first-order valence-electron chi connectivity index (χ1n) is 9.94. The minimum atomic E-state index is -0.943. The Bertz CT molecular complexity index is 1250. The molecule has 0 spiro atoms. The lowest BCUT2D eigenvalue weighted by molar-refractivity contribution is -0.122. The Balaban J connectivity index is 1.80. The maximum atomic E-state index is 13.7. The zero-order chi connectivity index (χ0) is 23.4. The Hall–Kier alpha value is -3.45. The first-order valence-corrected chi connectivity index (χ1v) is 10.3. The number of rotatable bonds is 2. The topological polar surface area (TPSA) is 69.7 Å². The van der Waals surface area contributed by atoms with Crippen LogP contribution in [0.4, 0.5) is 20.6 Å². The van der Waals surface area contributed by atoms with Crippen LogP contribution in [-0.2, 0) is 9.59 Å². The van der Waals surface area contributed by atoms with Gasteiger partial charge in [0, 0.05) is 23.3 Å². The number of amides is 4. The number of benzene rings is 2. The Morgan fingerprint density at radius 3 is 2.53 bits per heavy atom. The van der Waals surface area contributed by atoms with E-state index >= 15 is 0 Å². The fraction of sp³-hybridized carbons (Fsp3) is 0.208. The molecule has 4 amide bonds. The molecule has 0 unspecified atom stereocenters. The monoisotopic (exact) mass is 453 g/mol. The van der Waals surface area contributed by atoms with Crippen LogP contribution in [0.5, 0.6) is 0 Å². The van der Waals surface area contributed by atoms with Gasteiger partial charge in [0.05, 0.1) is 11.2 Å². The molecule has 0 aliphatic carbocycles. The van der Waals surface area contributed by atoms with Gasteiger partial charge in [-0.3, -0.25) is 14.9 Å². The van der Waals surface area contributed by atoms with Gasteiger partial charge in [-0.05, 0) is 68.3 Å². The molecule has 2 heterocycles. The van der Waals surface area contributed by atoms with Gasteiger partial charge in [0.1, 0.15) is 11.4 Å². The van der Waals surface area contributed by atoms with Crippen LogP contribution in [0.2, 0.25) is 5.02 Å². The number of nitrogens with zero attached hydrogens (tertiary/aromatic N) is 2. The first kappa shape index (κ1) is 21.8. The van der Waals surface area contributed by atoms with Crippen LogP contribution in [0.3, 0.4) is 0 Å². The minimum absolute atomic E-state index is 0.0186. The highest BCUT2D eigenvalue weighted by atomic mass is 35.5. The zero-order valence-electron chi connectivity index (χ0n) is 18.0. The average molecular weight is 454 g/mol. The Morgan fingerprint density at radius 2 is 1.84 bits per heavy atom. The van der Waals surface area contributed by atoms with Crippen molar-refractivity contribution in [1.82, 2.24) is 5.32 Å². The summed E-state index contributed by atoms with van der Waals surface area (Å²) in [4.78, 5) is 40.7. The van der Waals surface area contributed by atoms with E-state index in [1.54, 1.807) is 6.07 Å². The van der Waals surface area contributed by atoms with E-state index < -0.39 is 23.7 Å². The Labute approximate surface area is 189 Å². The number of imide groups is 2. The molecule has 2 aliphatic rings. The zero-order valence-corrected chi connectivity index (χ0v) is 18.7. The average Bonchev–Trinajstić information content (AvgIpc) is 2.69. The number of likely N-dealkylation sites (N-methyl/N-ethyl adjacent to an activating group) is 1. The molecule has 0 saturated carbocycles. The molecule has 0 aromatic heterocycles. The van der Waals surface area contributed by atoms with Gasteiger partial charge in [-0.2, -0.15) is 0 Å². The normalized spacial score (nSPS) is 19.1. The van der Waals surface area contributed by atoms with Gasteiger partial charge in [0.25, 0.3) is 11.8 Å². The molecule has 0 atom stereocenters. The highest BCUT2D eigenvalue weighted by Gasteiger charge is 2.37. The Kier molecular flexibility index (Phi) is 5.17. The number of hydrogen-bond acceptors (Lipinski definition) is 4. The van der Waals surface area contributed by atoms with Crippen molar-refractivity contribution in [2.45, 2.75) is 26.3 Å². The molecule has 1 saturated heterocycles. The maximum absolute atomic E-state index is 13.7. The van der Waals surface area contributed by atoms with E-state index in [1.165, 1.54) is 24.3 Å². The summed E-state index contributed by atoms with van der Waals surface area (Å²) >= 11 is 6.52. The van der Waals surface area contributed by atoms with E-state index in [9.17, 15) is 18.8 Å². The van der Waals surface area contributed by atoms with Gasteiger partial charge < -0.3 is 4.90 Å². The van der Waals surface area contributed by atoms with E-state index in [4.69, 9.17) is 11.6 Å². The Morgan fingerprint density at radius 1 is 1.12 bits per heavy atom. The number of fused-ring (bicyclic) bond motifs is 1. The molecule has 8 heteroatoms. The summed E-state index contributed by atoms with van der Waals surface area (Å²) in [5.41, 5.74) is 2.88. The standard InChI is InChI=1S/C24H21ClFN3O3/c1-13-12-24(2,3)28(4)20-11-19(25)14(8-17(13)20)9-18-21(30)27-23(32)29(22(18)31)16-7-5-6-15(26)10-16/h5-12H,1-4H3,(H,27,30,32)/b18-9+. The number of allylic oxidation sites excluding steroid dienone is 1. The van der Waals surface area contributed by atoms with E-state index in [-0.39, 0.29) is 16.8 Å². The van der Waals surface area contributed by atoms with Crippen LogP contribution in [-0.4, -0.2) is 30.4 Å². The molecule has 2 aromatic carbocycles. The smallest absolute Gasteiger partial charge is 0.335 e. The molecule has 164 valence electrons. The molecule has 2 aliphatic heterocycles. The number of carbonyl (C=O) groups excluding carboxylic acids is 3. The fourth-order valence-electron chi connectivity index (χ4n) is 3.96. The van der Waals surface area contributed by atoms with Gasteiger partial charge in [-0.1, -0.05) is 23.7 Å². The van der Waals surface area contributed by atoms with E-state index in [2.05, 4.69) is 30.1 Å². The van der Waals surface area contributed by atoms with Crippen molar-refractivity contribution in [3.8, 4) is 0 Å². The predicted octanol–water partition coefficient (Wildman–Crippen LogP) is 4.78. The van der Waals surface area contributed by atoms with Gasteiger partial charge in [0.2, 0.25) is 0 Å². The lowest BCUT2D eigenvalue weighted by Gasteiger charge is -2.40. The summed E-state index contributed by atoms with van der Waals surface area (Å²) in [5, 5.41) is 2.48. The van der Waals surface area contributed by atoms with Gasteiger partial charge in [0.15, 0.2) is 0 Å². The third kappa shape index (κ3) is 3.58. The van der Waals surface area contributed by atoms with Crippen molar-refractivity contribution in [1.29, 1.82) is 0 Å². The second kappa shape index (κ2) is 7.60.